The molecule has 188 valence electrons. The van der Waals surface area contributed by atoms with E-state index in [-0.39, 0.29) is 11.0 Å². The monoisotopic (exact) mass is 481 g/mol. The summed E-state index contributed by atoms with van der Waals surface area (Å²) < 4.78 is 2.67. The molecule has 0 aliphatic carbocycles. The molecular weight excluding hydrogens is 429 g/mol. The van der Waals surface area contributed by atoms with Crippen molar-refractivity contribution in [2.45, 2.75) is 117 Å². The molecule has 3 rings (SSSR count). The molecule has 1 atom stereocenters. The van der Waals surface area contributed by atoms with Gasteiger partial charge < -0.3 is 0 Å². The zero-order chi connectivity index (χ0) is 24.8. The fourth-order valence-corrected chi connectivity index (χ4v) is 12.1. The van der Waals surface area contributed by atoms with E-state index in [1.165, 1.54) is 74.7 Å². The molecule has 0 spiro atoms. The minimum Gasteiger partial charge on any atom is -0.192 e. The maximum atomic E-state index is 2.69. The van der Waals surface area contributed by atoms with Crippen molar-refractivity contribution in [3.63, 3.8) is 0 Å². The van der Waals surface area contributed by atoms with Crippen LogP contribution in [0.2, 0.25) is 0 Å². The number of nitrogens with zero attached hydrogens (tertiary/aromatic N) is 1. The van der Waals surface area contributed by atoms with Crippen molar-refractivity contribution in [1.82, 2.24) is 0 Å². The number of fused-ring (bicyclic) bond motifs is 3. The number of pyridine rings is 1. The van der Waals surface area contributed by atoms with Gasteiger partial charge in [0.15, 0.2) is 11.7 Å². The molecule has 0 radical (unpaired) electrons. The minimum absolute atomic E-state index is 0.131. The molecule has 2 heterocycles. The third kappa shape index (κ3) is 4.52. The second-order valence-electron chi connectivity index (χ2n) is 11.0. The van der Waals surface area contributed by atoms with Gasteiger partial charge in [-0.3, -0.25) is 0 Å². The van der Waals surface area contributed by atoms with Crippen molar-refractivity contribution in [2.75, 3.05) is 18.5 Å². The molecule has 1 aliphatic rings. The lowest BCUT2D eigenvalue weighted by atomic mass is 9.59. The van der Waals surface area contributed by atoms with Crippen LogP contribution >= 0.6 is 7.26 Å². The average Bonchev–Trinajstić information content (AvgIpc) is 2.89. The Bertz CT molecular complexity index is 907. The van der Waals surface area contributed by atoms with Gasteiger partial charge >= 0.3 is 0 Å². The van der Waals surface area contributed by atoms with Crippen LogP contribution in [0.25, 0.3) is 11.3 Å². The average molecular weight is 482 g/mol. The standard InChI is InChI=1S/C32H52NP/c1-8-14-23-34(24-15-9-2,25-16-10-3)27-20-21-29-28(26-27)30-19-17-18-22-33(30)32(12-5,13-6)31(29,7)11-4/h17-22,26H,8-16,23-25H2,1-7H3/q+2. The summed E-state index contributed by atoms with van der Waals surface area (Å²) in [6.45, 7) is 16.9. The van der Waals surface area contributed by atoms with E-state index in [0.717, 1.165) is 12.8 Å². The molecular formula is C32H52NP+2. The molecule has 0 bridgehead atoms. The Morgan fingerprint density at radius 3 is 1.82 bits per heavy atom. The van der Waals surface area contributed by atoms with Crippen LogP contribution in [0.5, 0.6) is 0 Å². The maximum absolute atomic E-state index is 2.69. The van der Waals surface area contributed by atoms with Gasteiger partial charge in [-0.05, 0) is 56.4 Å². The first-order valence-electron chi connectivity index (χ1n) is 14.5. The third-order valence-corrected chi connectivity index (χ3v) is 14.4. The predicted molar refractivity (Wildman–Crippen MR) is 154 cm³/mol. The van der Waals surface area contributed by atoms with Crippen molar-refractivity contribution >= 4 is 12.6 Å². The molecule has 2 heteroatoms. The molecule has 0 saturated carbocycles. The van der Waals surface area contributed by atoms with Gasteiger partial charge in [-0.2, -0.15) is 4.57 Å². The van der Waals surface area contributed by atoms with Gasteiger partial charge in [0.25, 0.3) is 0 Å². The molecule has 0 saturated heterocycles. The van der Waals surface area contributed by atoms with E-state index in [2.05, 4.69) is 95.6 Å². The fraction of sp³-hybridized carbons (Fsp3) is 0.656. The topological polar surface area (TPSA) is 3.88 Å². The minimum atomic E-state index is -1.16. The van der Waals surface area contributed by atoms with Gasteiger partial charge in [0.05, 0.1) is 34.8 Å². The summed E-state index contributed by atoms with van der Waals surface area (Å²) in [5, 5.41) is 1.72. The van der Waals surface area contributed by atoms with Crippen LogP contribution in [0.4, 0.5) is 0 Å². The molecule has 1 unspecified atom stereocenters. The molecule has 34 heavy (non-hydrogen) atoms. The third-order valence-electron chi connectivity index (χ3n) is 9.47. The number of benzene rings is 1. The Morgan fingerprint density at radius 2 is 1.32 bits per heavy atom. The van der Waals surface area contributed by atoms with Crippen LogP contribution in [-0.2, 0) is 11.0 Å². The molecule has 0 fully saturated rings. The summed E-state index contributed by atoms with van der Waals surface area (Å²) >= 11 is 0. The summed E-state index contributed by atoms with van der Waals surface area (Å²) in [5.74, 6) is 0. The summed E-state index contributed by atoms with van der Waals surface area (Å²) in [6.07, 6.45) is 18.3. The molecule has 0 N–H and O–H groups in total. The number of aromatic nitrogens is 1. The van der Waals surface area contributed by atoms with Gasteiger partial charge in [-0.15, -0.1) is 0 Å². The maximum Gasteiger partial charge on any atom is 0.213 e. The van der Waals surface area contributed by atoms with Gasteiger partial charge in [-0.25, -0.2) is 0 Å². The summed E-state index contributed by atoms with van der Waals surface area (Å²) in [7, 11) is -1.16. The lowest BCUT2D eigenvalue weighted by molar-refractivity contribution is -0.769. The summed E-state index contributed by atoms with van der Waals surface area (Å²) in [6, 6.07) is 14.8. The zero-order valence-corrected chi connectivity index (χ0v) is 24.3. The summed E-state index contributed by atoms with van der Waals surface area (Å²) in [5.41, 5.74) is 4.82. The first-order chi connectivity index (χ1) is 16.4. The van der Waals surface area contributed by atoms with E-state index >= 15 is 0 Å². The molecule has 0 amide bonds. The van der Waals surface area contributed by atoms with Crippen molar-refractivity contribution in [3.8, 4) is 11.3 Å². The highest BCUT2D eigenvalue weighted by atomic mass is 31.2. The molecule has 2 aromatic rings. The first kappa shape index (κ1) is 27.4. The van der Waals surface area contributed by atoms with Gasteiger partial charge in [0.2, 0.25) is 5.69 Å². The molecule has 1 aromatic carbocycles. The molecule has 1 aliphatic heterocycles. The van der Waals surface area contributed by atoms with Crippen LogP contribution in [0.3, 0.4) is 0 Å². The quantitative estimate of drug-likeness (QED) is 0.199. The number of rotatable bonds is 13. The van der Waals surface area contributed by atoms with Gasteiger partial charge in [0, 0.05) is 32.2 Å². The van der Waals surface area contributed by atoms with Crippen molar-refractivity contribution in [2.24, 2.45) is 0 Å². The van der Waals surface area contributed by atoms with E-state index in [9.17, 15) is 0 Å². The van der Waals surface area contributed by atoms with Crippen LogP contribution < -0.4 is 9.87 Å². The van der Waals surface area contributed by atoms with Crippen LogP contribution in [-0.4, -0.2) is 18.5 Å². The highest BCUT2D eigenvalue weighted by Crippen LogP contribution is 2.61. The lowest BCUT2D eigenvalue weighted by Crippen LogP contribution is -2.68. The second-order valence-corrected chi connectivity index (χ2v) is 15.1. The Kier molecular flexibility index (Phi) is 9.42. The Balaban J connectivity index is 2.27. The van der Waals surface area contributed by atoms with Crippen LogP contribution in [0.15, 0.2) is 42.6 Å². The highest BCUT2D eigenvalue weighted by molar-refractivity contribution is 7.82. The van der Waals surface area contributed by atoms with Crippen molar-refractivity contribution in [3.05, 3.63) is 48.2 Å². The molecule has 1 nitrogen and oxygen atoms in total. The summed E-state index contributed by atoms with van der Waals surface area (Å²) in [4.78, 5) is 0. The first-order valence-corrected chi connectivity index (χ1v) is 16.8. The van der Waals surface area contributed by atoms with Crippen molar-refractivity contribution in [1.29, 1.82) is 0 Å². The largest absolute Gasteiger partial charge is 0.213 e. The fourth-order valence-electron chi connectivity index (χ4n) is 7.07. The van der Waals surface area contributed by atoms with Gasteiger partial charge in [-0.1, -0.05) is 66.9 Å². The van der Waals surface area contributed by atoms with Crippen LogP contribution in [0.1, 0.15) is 112 Å². The van der Waals surface area contributed by atoms with E-state index in [1.54, 1.807) is 10.9 Å². The highest BCUT2D eigenvalue weighted by Gasteiger charge is 2.58. The van der Waals surface area contributed by atoms with Crippen molar-refractivity contribution < 1.29 is 4.57 Å². The predicted octanol–water partition coefficient (Wildman–Crippen LogP) is 8.88. The van der Waals surface area contributed by atoms with E-state index in [0.29, 0.717) is 0 Å². The van der Waals surface area contributed by atoms with E-state index < -0.39 is 7.26 Å². The Morgan fingerprint density at radius 1 is 0.735 bits per heavy atom. The molecule has 1 aromatic heterocycles. The smallest absolute Gasteiger partial charge is 0.192 e. The number of hydrogen-bond donors (Lipinski definition) is 0. The Hall–Kier alpha value is -1.20. The van der Waals surface area contributed by atoms with E-state index in [4.69, 9.17) is 0 Å². The SMILES string of the molecule is CCCC[P+](CCCC)(CCCC)c1ccc2c(c1)-c1cccc[n+]1C(CC)(CC)C2(C)CC. The zero-order valence-electron chi connectivity index (χ0n) is 23.4. The Labute approximate surface area is 212 Å². The normalized spacial score (nSPS) is 19.0. The lowest BCUT2D eigenvalue weighted by Gasteiger charge is -2.47. The number of unbranched alkanes of at least 4 members (excludes halogenated alkanes) is 3. The number of hydrogen-bond acceptors (Lipinski definition) is 0. The van der Waals surface area contributed by atoms with Gasteiger partial charge in [0.1, 0.15) is 0 Å². The van der Waals surface area contributed by atoms with E-state index in [1.807, 2.05) is 0 Å². The second kappa shape index (κ2) is 11.7. The van der Waals surface area contributed by atoms with Crippen LogP contribution in [0, 0.1) is 0 Å².